The highest BCUT2D eigenvalue weighted by molar-refractivity contribution is 5.55. The molecule has 128 valence electrons. The van der Waals surface area contributed by atoms with Crippen molar-refractivity contribution < 1.29 is 9.13 Å². The zero-order valence-corrected chi connectivity index (χ0v) is 13.6. The Morgan fingerprint density at radius 3 is 2.68 bits per heavy atom. The minimum atomic E-state index is -0.460. The van der Waals surface area contributed by atoms with E-state index in [4.69, 9.17) is 4.74 Å². The van der Waals surface area contributed by atoms with Gasteiger partial charge in [-0.1, -0.05) is 6.92 Å². The average Bonchev–Trinajstić information content (AvgIpc) is 2.62. The molecule has 0 aromatic carbocycles. The van der Waals surface area contributed by atoms with E-state index < -0.39 is 5.82 Å². The molecule has 3 aromatic heterocycles. The Morgan fingerprint density at radius 2 is 1.96 bits per heavy atom. The van der Waals surface area contributed by atoms with Crippen LogP contribution in [0.1, 0.15) is 18.9 Å². The third kappa shape index (κ3) is 4.23. The van der Waals surface area contributed by atoms with E-state index in [1.807, 2.05) is 6.92 Å². The van der Waals surface area contributed by atoms with Crippen LogP contribution in [0.2, 0.25) is 0 Å². The summed E-state index contributed by atoms with van der Waals surface area (Å²) < 4.78 is 19.8. The van der Waals surface area contributed by atoms with Crippen LogP contribution in [0.4, 0.5) is 4.39 Å². The van der Waals surface area contributed by atoms with Gasteiger partial charge in [0.2, 0.25) is 0 Å². The van der Waals surface area contributed by atoms with Crippen LogP contribution < -0.4 is 10.3 Å². The molecular weight excluding hydrogens is 325 g/mol. The normalized spacial score (nSPS) is 10.6. The zero-order valence-electron chi connectivity index (χ0n) is 13.6. The Labute approximate surface area is 143 Å². The molecule has 3 aromatic rings. The largest absolute Gasteiger partial charge is 0.463 e. The Balaban J connectivity index is 1.84. The van der Waals surface area contributed by atoms with Gasteiger partial charge in [0, 0.05) is 30.2 Å². The van der Waals surface area contributed by atoms with Crippen LogP contribution >= 0.6 is 0 Å². The van der Waals surface area contributed by atoms with Gasteiger partial charge in [-0.25, -0.2) is 19.0 Å². The van der Waals surface area contributed by atoms with Crippen LogP contribution in [0.3, 0.4) is 0 Å². The Morgan fingerprint density at radius 1 is 1.16 bits per heavy atom. The molecule has 0 saturated heterocycles. The van der Waals surface area contributed by atoms with Crippen LogP contribution in [-0.4, -0.2) is 31.3 Å². The molecule has 0 amide bonds. The Kier molecular flexibility index (Phi) is 5.08. The molecule has 0 saturated carbocycles. The minimum Gasteiger partial charge on any atom is -0.463 e. The van der Waals surface area contributed by atoms with Crippen molar-refractivity contribution in [3.05, 3.63) is 64.7 Å². The molecule has 3 heterocycles. The molecule has 7 nitrogen and oxygen atoms in total. The van der Waals surface area contributed by atoms with E-state index in [1.54, 1.807) is 18.5 Å². The highest BCUT2D eigenvalue weighted by atomic mass is 19.1. The molecule has 8 heteroatoms. The van der Waals surface area contributed by atoms with E-state index in [1.165, 1.54) is 23.0 Å². The standard InChI is InChI=1S/C17H16FN5O2/c1-2-5-25-17-20-8-13(9-21-17)15-3-4-16(24)23(22-15)11-12-6-14(18)10-19-7-12/h3-4,6-10H,2,5,11H2,1H3. The van der Waals surface area contributed by atoms with Crippen LogP contribution in [0.5, 0.6) is 6.01 Å². The Bertz CT molecular complexity index is 911. The van der Waals surface area contributed by atoms with Crippen molar-refractivity contribution in [3.8, 4) is 17.3 Å². The summed E-state index contributed by atoms with van der Waals surface area (Å²) in [6.45, 7) is 2.66. The lowest BCUT2D eigenvalue weighted by atomic mass is 10.2. The average molecular weight is 341 g/mol. The summed E-state index contributed by atoms with van der Waals surface area (Å²) in [4.78, 5) is 24.0. The lowest BCUT2D eigenvalue weighted by Crippen LogP contribution is -2.23. The molecule has 0 aliphatic heterocycles. The van der Waals surface area contributed by atoms with Crippen molar-refractivity contribution in [2.24, 2.45) is 0 Å². The first kappa shape index (κ1) is 16.7. The number of ether oxygens (including phenoxy) is 1. The summed E-state index contributed by atoms with van der Waals surface area (Å²) in [5.41, 5.74) is 1.43. The molecule has 0 aliphatic rings. The van der Waals surface area contributed by atoms with Crippen molar-refractivity contribution in [2.75, 3.05) is 6.61 Å². The summed E-state index contributed by atoms with van der Waals surface area (Å²) in [6.07, 6.45) is 6.63. The highest BCUT2D eigenvalue weighted by Gasteiger charge is 2.07. The lowest BCUT2D eigenvalue weighted by molar-refractivity contribution is 0.292. The van der Waals surface area contributed by atoms with Crippen molar-refractivity contribution in [3.63, 3.8) is 0 Å². The SMILES string of the molecule is CCCOc1ncc(-c2ccc(=O)n(Cc3cncc(F)c3)n2)cn1. The summed E-state index contributed by atoms with van der Waals surface area (Å²) in [5, 5.41) is 4.29. The maximum atomic E-state index is 13.2. The molecule has 0 spiro atoms. The molecule has 25 heavy (non-hydrogen) atoms. The van der Waals surface area contributed by atoms with E-state index in [0.29, 0.717) is 29.4 Å². The molecule has 0 fully saturated rings. The monoisotopic (exact) mass is 341 g/mol. The second-order valence-electron chi connectivity index (χ2n) is 5.33. The van der Waals surface area contributed by atoms with Gasteiger partial charge in [-0.15, -0.1) is 0 Å². The van der Waals surface area contributed by atoms with Gasteiger partial charge in [-0.3, -0.25) is 9.78 Å². The van der Waals surface area contributed by atoms with Crippen LogP contribution in [0, 0.1) is 5.82 Å². The first-order valence-electron chi connectivity index (χ1n) is 7.78. The van der Waals surface area contributed by atoms with E-state index in [0.717, 1.165) is 12.6 Å². The molecule has 0 atom stereocenters. The Hall–Kier alpha value is -3.16. The lowest BCUT2D eigenvalue weighted by Gasteiger charge is -2.07. The third-order valence-corrected chi connectivity index (χ3v) is 3.32. The highest BCUT2D eigenvalue weighted by Crippen LogP contribution is 2.15. The van der Waals surface area contributed by atoms with E-state index in [-0.39, 0.29) is 12.1 Å². The predicted octanol–water partition coefficient (Wildman–Crippen LogP) is 2.07. The van der Waals surface area contributed by atoms with Crippen molar-refractivity contribution in [2.45, 2.75) is 19.9 Å². The molecule has 0 aliphatic carbocycles. The van der Waals surface area contributed by atoms with Gasteiger partial charge in [0.1, 0.15) is 5.82 Å². The molecular formula is C17H16FN5O2. The summed E-state index contributed by atoms with van der Waals surface area (Å²) >= 11 is 0. The number of halogens is 1. The van der Waals surface area contributed by atoms with Crippen LogP contribution in [-0.2, 0) is 6.54 Å². The van der Waals surface area contributed by atoms with Gasteiger partial charge in [0.15, 0.2) is 0 Å². The fourth-order valence-corrected chi connectivity index (χ4v) is 2.15. The van der Waals surface area contributed by atoms with Gasteiger partial charge < -0.3 is 4.74 Å². The van der Waals surface area contributed by atoms with Gasteiger partial charge >= 0.3 is 6.01 Å². The topological polar surface area (TPSA) is 82.8 Å². The van der Waals surface area contributed by atoms with Gasteiger partial charge in [0.25, 0.3) is 5.56 Å². The van der Waals surface area contributed by atoms with Crippen molar-refractivity contribution in [1.82, 2.24) is 24.7 Å². The second-order valence-corrected chi connectivity index (χ2v) is 5.33. The minimum absolute atomic E-state index is 0.121. The number of hydrogen-bond acceptors (Lipinski definition) is 6. The maximum absolute atomic E-state index is 13.2. The molecule has 0 radical (unpaired) electrons. The van der Waals surface area contributed by atoms with Crippen molar-refractivity contribution >= 4 is 0 Å². The van der Waals surface area contributed by atoms with E-state index >= 15 is 0 Å². The fraction of sp³-hybridized carbons (Fsp3) is 0.235. The second kappa shape index (κ2) is 7.61. The first-order chi connectivity index (χ1) is 12.2. The van der Waals surface area contributed by atoms with Gasteiger partial charge in [0.05, 0.1) is 25.0 Å². The smallest absolute Gasteiger partial charge is 0.316 e. The summed E-state index contributed by atoms with van der Waals surface area (Å²) in [7, 11) is 0. The number of nitrogens with zero attached hydrogens (tertiary/aromatic N) is 5. The number of rotatable bonds is 6. The maximum Gasteiger partial charge on any atom is 0.316 e. The van der Waals surface area contributed by atoms with Crippen LogP contribution in [0.25, 0.3) is 11.3 Å². The summed E-state index contributed by atoms with van der Waals surface area (Å²) in [5.74, 6) is -0.460. The van der Waals surface area contributed by atoms with Crippen molar-refractivity contribution in [1.29, 1.82) is 0 Å². The number of hydrogen-bond donors (Lipinski definition) is 0. The molecule has 0 unspecified atom stereocenters. The number of aromatic nitrogens is 5. The third-order valence-electron chi connectivity index (χ3n) is 3.32. The quantitative estimate of drug-likeness (QED) is 0.682. The van der Waals surface area contributed by atoms with Gasteiger partial charge in [-0.2, -0.15) is 5.10 Å². The zero-order chi connectivity index (χ0) is 17.6. The van der Waals surface area contributed by atoms with Crippen LogP contribution in [0.15, 0.2) is 47.8 Å². The number of pyridine rings is 1. The van der Waals surface area contributed by atoms with E-state index in [2.05, 4.69) is 20.1 Å². The first-order valence-corrected chi connectivity index (χ1v) is 7.78. The molecule has 0 N–H and O–H groups in total. The summed E-state index contributed by atoms with van der Waals surface area (Å²) in [6, 6.07) is 4.60. The predicted molar refractivity (Wildman–Crippen MR) is 88.6 cm³/mol. The van der Waals surface area contributed by atoms with Gasteiger partial charge in [-0.05, 0) is 24.1 Å². The van der Waals surface area contributed by atoms with E-state index in [9.17, 15) is 9.18 Å². The molecule has 0 bridgehead atoms. The molecule has 3 rings (SSSR count). The fourth-order valence-electron chi connectivity index (χ4n) is 2.15.